The van der Waals surface area contributed by atoms with E-state index in [-0.39, 0.29) is 9.62 Å². The van der Waals surface area contributed by atoms with Crippen LogP contribution >= 0.6 is 11.3 Å². The molecule has 0 aliphatic heterocycles. The van der Waals surface area contributed by atoms with Gasteiger partial charge in [0.1, 0.15) is 4.21 Å². The number of rotatable bonds is 2. The first-order valence-electron chi connectivity index (χ1n) is 5.91. The molecule has 0 aliphatic rings. The summed E-state index contributed by atoms with van der Waals surface area (Å²) < 4.78 is 22.7. The third-order valence-corrected chi connectivity index (χ3v) is 5.47. The molecule has 0 fully saturated rings. The highest BCUT2D eigenvalue weighted by Gasteiger charge is 2.15. The Morgan fingerprint density at radius 3 is 2.00 bits per heavy atom. The Morgan fingerprint density at radius 2 is 1.58 bits per heavy atom. The van der Waals surface area contributed by atoms with Crippen LogP contribution in [-0.4, -0.2) is 8.42 Å². The van der Waals surface area contributed by atoms with Crippen molar-refractivity contribution in [2.45, 2.75) is 30.4 Å². The normalized spacial score (nSPS) is 12.6. The molecule has 2 aromatic rings. The van der Waals surface area contributed by atoms with E-state index < -0.39 is 10.0 Å². The van der Waals surface area contributed by atoms with Gasteiger partial charge in [-0.15, -0.1) is 11.3 Å². The third kappa shape index (κ3) is 3.23. The number of sulfonamides is 1. The van der Waals surface area contributed by atoms with Crippen molar-refractivity contribution >= 4 is 21.4 Å². The smallest absolute Gasteiger partial charge is 0.224 e. The van der Waals surface area contributed by atoms with Crippen molar-refractivity contribution < 1.29 is 8.42 Å². The maximum absolute atomic E-state index is 11.3. The summed E-state index contributed by atoms with van der Waals surface area (Å²) in [5.41, 5.74) is 2.37. The van der Waals surface area contributed by atoms with E-state index in [0.29, 0.717) is 0 Å². The van der Waals surface area contributed by atoms with E-state index >= 15 is 0 Å². The highest BCUT2D eigenvalue weighted by Crippen LogP contribution is 2.31. The maximum Gasteiger partial charge on any atom is 0.247 e. The average molecular weight is 295 g/mol. The van der Waals surface area contributed by atoms with E-state index in [2.05, 4.69) is 32.9 Å². The van der Waals surface area contributed by atoms with Gasteiger partial charge in [-0.1, -0.05) is 45.0 Å². The lowest BCUT2D eigenvalue weighted by atomic mass is 9.86. The topological polar surface area (TPSA) is 60.2 Å². The molecule has 1 aromatic heterocycles. The molecule has 0 spiro atoms. The molecule has 0 bridgehead atoms. The van der Waals surface area contributed by atoms with Crippen LogP contribution in [0.3, 0.4) is 0 Å². The van der Waals surface area contributed by atoms with E-state index in [1.807, 2.05) is 12.1 Å². The molecular weight excluding hydrogens is 278 g/mol. The minimum absolute atomic E-state index is 0.111. The predicted octanol–water partition coefficient (Wildman–Crippen LogP) is 3.36. The molecule has 5 heteroatoms. The molecule has 0 saturated heterocycles. The zero-order valence-corrected chi connectivity index (χ0v) is 12.8. The van der Waals surface area contributed by atoms with Crippen LogP contribution in [0.5, 0.6) is 0 Å². The molecule has 0 saturated carbocycles. The molecule has 0 atom stereocenters. The standard InChI is InChI=1S/C14H17NO2S2/c1-14(2,3)11-6-4-10(5-7-11)12-8-9-13(18-12)19(15,16)17/h4-9H,1-3H3,(H2,15,16,17). The van der Waals surface area contributed by atoms with Gasteiger partial charge < -0.3 is 0 Å². The summed E-state index contributed by atoms with van der Waals surface area (Å²) in [6.45, 7) is 6.48. The van der Waals surface area contributed by atoms with Gasteiger partial charge in [0, 0.05) is 4.88 Å². The number of hydrogen-bond acceptors (Lipinski definition) is 3. The predicted molar refractivity (Wildman–Crippen MR) is 79.8 cm³/mol. The fraction of sp³-hybridized carbons (Fsp3) is 0.286. The first-order valence-corrected chi connectivity index (χ1v) is 8.28. The van der Waals surface area contributed by atoms with Crippen molar-refractivity contribution in [2.24, 2.45) is 5.14 Å². The van der Waals surface area contributed by atoms with Crippen LogP contribution in [0.1, 0.15) is 26.3 Å². The molecular formula is C14H17NO2S2. The van der Waals surface area contributed by atoms with E-state index in [0.717, 1.165) is 10.4 Å². The lowest BCUT2D eigenvalue weighted by Crippen LogP contribution is -2.10. The van der Waals surface area contributed by atoms with Crippen molar-refractivity contribution in [3.63, 3.8) is 0 Å². The molecule has 2 rings (SSSR count). The average Bonchev–Trinajstić information content (AvgIpc) is 2.77. The largest absolute Gasteiger partial charge is 0.247 e. The quantitative estimate of drug-likeness (QED) is 0.923. The second-order valence-electron chi connectivity index (χ2n) is 5.49. The van der Waals surface area contributed by atoms with Crippen molar-refractivity contribution in [3.05, 3.63) is 42.0 Å². The molecule has 1 heterocycles. The summed E-state index contributed by atoms with van der Waals surface area (Å²) in [4.78, 5) is 0.907. The molecule has 0 unspecified atom stereocenters. The Kier molecular flexibility index (Phi) is 3.55. The summed E-state index contributed by atoms with van der Waals surface area (Å²) in [6, 6.07) is 11.5. The summed E-state index contributed by atoms with van der Waals surface area (Å²) in [5.74, 6) is 0. The summed E-state index contributed by atoms with van der Waals surface area (Å²) in [6.07, 6.45) is 0. The Bertz CT molecular complexity index is 677. The van der Waals surface area contributed by atoms with Gasteiger partial charge >= 0.3 is 0 Å². The van der Waals surface area contributed by atoms with Crippen molar-refractivity contribution in [1.29, 1.82) is 0 Å². The summed E-state index contributed by atoms with van der Waals surface area (Å²) in [7, 11) is -3.60. The Hall–Kier alpha value is -1.17. The minimum Gasteiger partial charge on any atom is -0.224 e. The van der Waals surface area contributed by atoms with Gasteiger partial charge in [-0.05, 0) is 28.7 Å². The fourth-order valence-electron chi connectivity index (χ4n) is 1.76. The van der Waals surface area contributed by atoms with Gasteiger partial charge in [-0.2, -0.15) is 0 Å². The van der Waals surface area contributed by atoms with Gasteiger partial charge in [-0.25, -0.2) is 13.6 Å². The van der Waals surface area contributed by atoms with Crippen LogP contribution in [0.2, 0.25) is 0 Å². The summed E-state index contributed by atoms with van der Waals surface area (Å²) in [5, 5.41) is 5.11. The van der Waals surface area contributed by atoms with Gasteiger partial charge in [-0.3, -0.25) is 0 Å². The Balaban J connectivity index is 2.36. The van der Waals surface area contributed by atoms with E-state index in [1.54, 1.807) is 12.1 Å². The number of primary sulfonamides is 1. The minimum atomic E-state index is -3.60. The first kappa shape index (κ1) is 14.2. The Labute approximate surface area is 118 Å². The highest BCUT2D eigenvalue weighted by atomic mass is 32.2. The molecule has 2 N–H and O–H groups in total. The molecule has 0 amide bonds. The van der Waals surface area contributed by atoms with Crippen molar-refractivity contribution in [2.75, 3.05) is 0 Å². The maximum atomic E-state index is 11.3. The van der Waals surface area contributed by atoms with Gasteiger partial charge in [0.2, 0.25) is 10.0 Å². The third-order valence-electron chi connectivity index (χ3n) is 2.90. The lowest BCUT2D eigenvalue weighted by molar-refractivity contribution is 0.590. The number of thiophene rings is 1. The van der Waals surface area contributed by atoms with Crippen LogP contribution in [-0.2, 0) is 15.4 Å². The second kappa shape index (κ2) is 4.74. The monoisotopic (exact) mass is 295 g/mol. The van der Waals surface area contributed by atoms with Crippen molar-refractivity contribution in [3.8, 4) is 10.4 Å². The zero-order valence-electron chi connectivity index (χ0n) is 11.2. The van der Waals surface area contributed by atoms with E-state index in [1.165, 1.54) is 16.9 Å². The van der Waals surface area contributed by atoms with Gasteiger partial charge in [0.05, 0.1) is 0 Å². The van der Waals surface area contributed by atoms with Gasteiger partial charge in [0.15, 0.2) is 0 Å². The molecule has 102 valence electrons. The Morgan fingerprint density at radius 1 is 1.00 bits per heavy atom. The molecule has 3 nitrogen and oxygen atoms in total. The summed E-state index contributed by atoms with van der Waals surface area (Å²) >= 11 is 1.19. The first-order chi connectivity index (χ1) is 8.68. The number of benzene rings is 1. The SMILES string of the molecule is CC(C)(C)c1ccc(-c2ccc(S(N)(=O)=O)s2)cc1. The van der Waals surface area contributed by atoms with Crippen LogP contribution in [0.25, 0.3) is 10.4 Å². The second-order valence-corrected chi connectivity index (χ2v) is 8.36. The molecule has 0 radical (unpaired) electrons. The van der Waals surface area contributed by atoms with E-state index in [9.17, 15) is 8.42 Å². The molecule has 0 aliphatic carbocycles. The zero-order chi connectivity index (χ0) is 14.3. The van der Waals surface area contributed by atoms with E-state index in [4.69, 9.17) is 5.14 Å². The molecule has 19 heavy (non-hydrogen) atoms. The highest BCUT2D eigenvalue weighted by molar-refractivity contribution is 7.91. The lowest BCUT2D eigenvalue weighted by Gasteiger charge is -2.18. The van der Waals surface area contributed by atoms with Crippen LogP contribution in [0, 0.1) is 0 Å². The van der Waals surface area contributed by atoms with Crippen LogP contribution in [0.4, 0.5) is 0 Å². The van der Waals surface area contributed by atoms with Crippen LogP contribution < -0.4 is 5.14 Å². The van der Waals surface area contributed by atoms with Crippen molar-refractivity contribution in [1.82, 2.24) is 0 Å². The fourth-order valence-corrected chi connectivity index (χ4v) is 3.50. The number of hydrogen-bond donors (Lipinski definition) is 1. The van der Waals surface area contributed by atoms with Crippen LogP contribution in [0.15, 0.2) is 40.6 Å². The number of nitrogens with two attached hydrogens (primary N) is 1. The van der Waals surface area contributed by atoms with Gasteiger partial charge in [0.25, 0.3) is 0 Å². The molecule has 1 aromatic carbocycles.